The zero-order valence-electron chi connectivity index (χ0n) is 12.3. The molecule has 0 bridgehead atoms. The first-order chi connectivity index (χ1) is 9.62. The van der Waals surface area contributed by atoms with Gasteiger partial charge in [0.1, 0.15) is 0 Å². The Morgan fingerprint density at radius 3 is 2.60 bits per heavy atom. The lowest BCUT2D eigenvalue weighted by atomic mass is 9.72. The molecule has 1 fully saturated rings. The number of carbonyl (C=O) groups is 2. The summed E-state index contributed by atoms with van der Waals surface area (Å²) in [5.41, 5.74) is 5.89. The van der Waals surface area contributed by atoms with E-state index in [4.69, 9.17) is 5.73 Å². The molecule has 5 nitrogen and oxygen atoms in total. The van der Waals surface area contributed by atoms with E-state index < -0.39 is 0 Å². The smallest absolute Gasteiger partial charge is 0.315 e. The number of carbonyl (C=O) groups excluding carboxylic acids is 2. The van der Waals surface area contributed by atoms with Crippen LogP contribution in [0.1, 0.15) is 38.5 Å². The minimum atomic E-state index is -0.231. The molecule has 0 unspecified atom stereocenters. The molecule has 0 radical (unpaired) electrons. The summed E-state index contributed by atoms with van der Waals surface area (Å²) in [4.78, 5) is 22.9. The maximum absolute atomic E-state index is 12.0. The molecule has 1 aliphatic rings. The van der Waals surface area contributed by atoms with E-state index in [-0.39, 0.29) is 17.3 Å². The molecule has 1 saturated carbocycles. The van der Waals surface area contributed by atoms with Crippen molar-refractivity contribution in [1.82, 2.24) is 5.32 Å². The van der Waals surface area contributed by atoms with E-state index in [0.717, 1.165) is 18.6 Å². The van der Waals surface area contributed by atoms with Crippen LogP contribution in [-0.2, 0) is 14.3 Å². The molecule has 20 heavy (non-hydrogen) atoms. The van der Waals surface area contributed by atoms with Gasteiger partial charge in [-0.05, 0) is 24.8 Å². The molecule has 0 saturated heterocycles. The minimum Gasteiger partial charge on any atom is -0.468 e. The summed E-state index contributed by atoms with van der Waals surface area (Å²) < 4.78 is 4.55. The second kappa shape index (κ2) is 9.23. The molecule has 0 heterocycles. The lowest BCUT2D eigenvalue weighted by Gasteiger charge is -2.35. The SMILES string of the molecule is COC(=O)CSCCNC(=O)CC1(CN)CCCCC1. The fourth-order valence-electron chi connectivity index (χ4n) is 2.63. The van der Waals surface area contributed by atoms with Crippen LogP contribution in [0.3, 0.4) is 0 Å². The number of amides is 1. The largest absolute Gasteiger partial charge is 0.468 e. The van der Waals surface area contributed by atoms with E-state index in [2.05, 4.69) is 10.1 Å². The third kappa shape index (κ3) is 6.13. The van der Waals surface area contributed by atoms with Crippen molar-refractivity contribution in [1.29, 1.82) is 0 Å². The van der Waals surface area contributed by atoms with E-state index in [1.807, 2.05) is 0 Å². The van der Waals surface area contributed by atoms with Crippen LogP contribution in [0, 0.1) is 5.41 Å². The standard InChI is InChI=1S/C14H26N2O3S/c1-19-13(18)10-20-8-7-16-12(17)9-14(11-15)5-3-2-4-6-14/h2-11,15H2,1H3,(H,16,17). The third-order valence-corrected chi connectivity index (χ3v) is 4.83. The lowest BCUT2D eigenvalue weighted by Crippen LogP contribution is -2.39. The Morgan fingerprint density at radius 1 is 1.30 bits per heavy atom. The first kappa shape index (κ1) is 17.3. The highest BCUT2D eigenvalue weighted by Crippen LogP contribution is 2.38. The normalized spacial score (nSPS) is 17.5. The average molecular weight is 302 g/mol. The van der Waals surface area contributed by atoms with Gasteiger partial charge < -0.3 is 15.8 Å². The van der Waals surface area contributed by atoms with Gasteiger partial charge in [0.05, 0.1) is 12.9 Å². The fraction of sp³-hybridized carbons (Fsp3) is 0.857. The lowest BCUT2D eigenvalue weighted by molar-refractivity contribution is -0.137. The quantitative estimate of drug-likeness (QED) is 0.522. The molecular formula is C14H26N2O3S. The van der Waals surface area contributed by atoms with E-state index in [9.17, 15) is 9.59 Å². The molecule has 116 valence electrons. The fourth-order valence-corrected chi connectivity index (χ4v) is 3.31. The van der Waals surface area contributed by atoms with Crippen LogP contribution in [0.4, 0.5) is 0 Å². The first-order valence-electron chi connectivity index (χ1n) is 7.23. The number of ether oxygens (including phenoxy) is 1. The van der Waals surface area contributed by atoms with Crippen molar-refractivity contribution in [3.8, 4) is 0 Å². The van der Waals surface area contributed by atoms with E-state index in [0.29, 0.717) is 25.3 Å². The zero-order chi connectivity index (χ0) is 14.8. The van der Waals surface area contributed by atoms with Crippen LogP contribution in [0.5, 0.6) is 0 Å². The van der Waals surface area contributed by atoms with Gasteiger partial charge in [0, 0.05) is 18.7 Å². The van der Waals surface area contributed by atoms with Crippen LogP contribution in [0.2, 0.25) is 0 Å². The van der Waals surface area contributed by atoms with Gasteiger partial charge in [-0.2, -0.15) is 0 Å². The molecule has 0 atom stereocenters. The summed E-state index contributed by atoms with van der Waals surface area (Å²) in [6, 6.07) is 0. The Bertz CT molecular complexity index is 318. The van der Waals surface area contributed by atoms with Crippen molar-refractivity contribution in [2.45, 2.75) is 38.5 Å². The van der Waals surface area contributed by atoms with Crippen LogP contribution in [-0.4, -0.2) is 43.6 Å². The van der Waals surface area contributed by atoms with Gasteiger partial charge in [-0.25, -0.2) is 0 Å². The van der Waals surface area contributed by atoms with Crippen LogP contribution < -0.4 is 11.1 Å². The number of esters is 1. The number of nitrogens with one attached hydrogen (secondary N) is 1. The number of thioether (sulfide) groups is 1. The third-order valence-electron chi connectivity index (χ3n) is 3.90. The maximum Gasteiger partial charge on any atom is 0.315 e. The maximum atomic E-state index is 12.0. The van der Waals surface area contributed by atoms with Gasteiger partial charge in [-0.15, -0.1) is 11.8 Å². The van der Waals surface area contributed by atoms with Gasteiger partial charge in [0.15, 0.2) is 0 Å². The highest BCUT2D eigenvalue weighted by molar-refractivity contribution is 7.99. The molecule has 6 heteroatoms. The Labute approximate surface area is 125 Å². The molecule has 0 aliphatic heterocycles. The second-order valence-electron chi connectivity index (χ2n) is 5.42. The summed E-state index contributed by atoms with van der Waals surface area (Å²) in [6.45, 7) is 1.18. The van der Waals surface area contributed by atoms with Crippen LogP contribution in [0.25, 0.3) is 0 Å². The summed E-state index contributed by atoms with van der Waals surface area (Å²) in [5.74, 6) is 0.900. The molecule has 0 spiro atoms. The Hall–Kier alpha value is -0.750. The highest BCUT2D eigenvalue weighted by Gasteiger charge is 2.32. The number of nitrogens with two attached hydrogens (primary N) is 1. The zero-order valence-corrected chi connectivity index (χ0v) is 13.1. The number of hydrogen-bond acceptors (Lipinski definition) is 5. The van der Waals surface area contributed by atoms with Gasteiger partial charge >= 0.3 is 5.97 Å². The molecule has 0 aromatic heterocycles. The first-order valence-corrected chi connectivity index (χ1v) is 8.39. The molecule has 1 rings (SSSR count). The number of rotatable bonds is 8. The average Bonchev–Trinajstić information content (AvgIpc) is 2.47. The summed E-state index contributed by atoms with van der Waals surface area (Å²) in [6.07, 6.45) is 6.28. The number of hydrogen-bond donors (Lipinski definition) is 2. The van der Waals surface area contributed by atoms with Crippen molar-refractivity contribution in [2.75, 3.05) is 31.7 Å². The molecule has 3 N–H and O–H groups in total. The Morgan fingerprint density at radius 2 is 2.00 bits per heavy atom. The molecular weight excluding hydrogens is 276 g/mol. The predicted molar refractivity (Wildman–Crippen MR) is 81.5 cm³/mol. The molecule has 1 amide bonds. The Kier molecular flexibility index (Phi) is 7.99. The van der Waals surface area contributed by atoms with Crippen molar-refractivity contribution in [3.63, 3.8) is 0 Å². The van der Waals surface area contributed by atoms with Crippen molar-refractivity contribution >= 4 is 23.6 Å². The predicted octanol–water partition coefficient (Wildman–Crippen LogP) is 1.31. The monoisotopic (exact) mass is 302 g/mol. The molecule has 0 aromatic carbocycles. The van der Waals surface area contributed by atoms with E-state index in [1.165, 1.54) is 38.1 Å². The number of methoxy groups -OCH3 is 1. The van der Waals surface area contributed by atoms with Crippen LogP contribution >= 0.6 is 11.8 Å². The van der Waals surface area contributed by atoms with Gasteiger partial charge in [0.25, 0.3) is 0 Å². The van der Waals surface area contributed by atoms with Gasteiger partial charge in [-0.3, -0.25) is 9.59 Å². The van der Waals surface area contributed by atoms with E-state index in [1.54, 1.807) is 0 Å². The molecule has 0 aromatic rings. The summed E-state index contributed by atoms with van der Waals surface area (Å²) in [5, 5.41) is 2.91. The van der Waals surface area contributed by atoms with Gasteiger partial charge in [0.2, 0.25) is 5.91 Å². The van der Waals surface area contributed by atoms with Gasteiger partial charge in [-0.1, -0.05) is 19.3 Å². The topological polar surface area (TPSA) is 81.4 Å². The Balaban J connectivity index is 2.17. The van der Waals surface area contributed by atoms with E-state index >= 15 is 0 Å². The van der Waals surface area contributed by atoms with Crippen LogP contribution in [0.15, 0.2) is 0 Å². The van der Waals surface area contributed by atoms with Crippen molar-refractivity contribution in [2.24, 2.45) is 11.1 Å². The second-order valence-corrected chi connectivity index (χ2v) is 6.53. The summed E-state index contributed by atoms with van der Waals surface area (Å²) in [7, 11) is 1.38. The highest BCUT2D eigenvalue weighted by atomic mass is 32.2. The van der Waals surface area contributed by atoms with Crippen molar-refractivity contribution in [3.05, 3.63) is 0 Å². The summed E-state index contributed by atoms with van der Waals surface area (Å²) >= 11 is 1.46. The molecule has 1 aliphatic carbocycles. The van der Waals surface area contributed by atoms with Crippen molar-refractivity contribution < 1.29 is 14.3 Å². The minimum absolute atomic E-state index is 0.0154.